The molecule has 2 rings (SSSR count). The Hall–Kier alpha value is -1.59. The molecule has 0 heterocycles. The third-order valence-corrected chi connectivity index (χ3v) is 3.42. The van der Waals surface area contributed by atoms with Crippen molar-refractivity contribution in [2.75, 3.05) is 0 Å². The third-order valence-electron chi connectivity index (χ3n) is 2.57. The molecule has 1 N–H and O–H groups in total. The molecule has 0 saturated heterocycles. The molecule has 0 bridgehead atoms. The minimum absolute atomic E-state index is 0.0310. The standard InChI is InChI=1S/C14H9BrClFO3/c15-9-2-1-8(12(16)5-9)7-20-13-6-10(17)3-4-11(13)14(18)19/h1-6H,7H2,(H,18,19). The van der Waals surface area contributed by atoms with Gasteiger partial charge in [0.05, 0.1) is 0 Å². The first-order valence-corrected chi connectivity index (χ1v) is 6.74. The van der Waals surface area contributed by atoms with Crippen LogP contribution in [0.4, 0.5) is 4.39 Å². The monoisotopic (exact) mass is 358 g/mol. The molecule has 0 aliphatic rings. The van der Waals surface area contributed by atoms with Gasteiger partial charge in [-0.05, 0) is 24.3 Å². The summed E-state index contributed by atoms with van der Waals surface area (Å²) in [5.41, 5.74) is 0.579. The molecule has 3 nitrogen and oxygen atoms in total. The Labute approximate surface area is 128 Å². The number of hydrogen-bond donors (Lipinski definition) is 1. The van der Waals surface area contributed by atoms with E-state index in [1.807, 2.05) is 0 Å². The lowest BCUT2D eigenvalue weighted by atomic mass is 10.2. The van der Waals surface area contributed by atoms with Crippen LogP contribution in [0.1, 0.15) is 15.9 Å². The number of aromatic carboxylic acids is 1. The first kappa shape index (κ1) is 14.8. The summed E-state index contributed by atoms with van der Waals surface area (Å²) in [7, 11) is 0. The highest BCUT2D eigenvalue weighted by atomic mass is 79.9. The summed E-state index contributed by atoms with van der Waals surface area (Å²) < 4.78 is 19.4. The summed E-state index contributed by atoms with van der Waals surface area (Å²) in [6.45, 7) is 0.0514. The molecule has 0 saturated carbocycles. The zero-order chi connectivity index (χ0) is 14.7. The summed E-state index contributed by atoms with van der Waals surface area (Å²) in [4.78, 5) is 11.0. The van der Waals surface area contributed by atoms with Crippen molar-refractivity contribution in [3.8, 4) is 5.75 Å². The number of benzene rings is 2. The van der Waals surface area contributed by atoms with Gasteiger partial charge in [0.15, 0.2) is 0 Å². The largest absolute Gasteiger partial charge is 0.488 e. The van der Waals surface area contributed by atoms with Crippen LogP contribution >= 0.6 is 27.5 Å². The number of rotatable bonds is 4. The number of ether oxygens (including phenoxy) is 1. The molecule has 0 amide bonds. The second kappa shape index (κ2) is 6.24. The average molecular weight is 360 g/mol. The van der Waals surface area contributed by atoms with E-state index in [4.69, 9.17) is 21.4 Å². The Balaban J connectivity index is 2.22. The van der Waals surface area contributed by atoms with Gasteiger partial charge in [-0.2, -0.15) is 0 Å². The van der Waals surface area contributed by atoms with Crippen LogP contribution in [0.25, 0.3) is 0 Å². The predicted octanol–water partition coefficient (Wildman–Crippen LogP) is 4.52. The van der Waals surface area contributed by atoms with Crippen molar-refractivity contribution in [1.29, 1.82) is 0 Å². The maximum Gasteiger partial charge on any atom is 0.339 e. The van der Waals surface area contributed by atoms with E-state index in [0.717, 1.165) is 22.7 Å². The molecule has 0 fully saturated rings. The van der Waals surface area contributed by atoms with Crippen LogP contribution in [0.5, 0.6) is 5.75 Å². The zero-order valence-electron chi connectivity index (χ0n) is 10.1. The fourth-order valence-electron chi connectivity index (χ4n) is 1.59. The van der Waals surface area contributed by atoms with Gasteiger partial charge in [0, 0.05) is 21.1 Å². The van der Waals surface area contributed by atoms with Crippen molar-refractivity contribution in [3.63, 3.8) is 0 Å². The Morgan fingerprint density at radius 3 is 2.70 bits per heavy atom. The van der Waals surface area contributed by atoms with Crippen molar-refractivity contribution in [2.45, 2.75) is 6.61 Å². The molecule has 104 valence electrons. The second-order valence-electron chi connectivity index (χ2n) is 3.97. The molecule has 0 atom stereocenters. The Bertz CT molecular complexity index is 661. The van der Waals surface area contributed by atoms with Gasteiger partial charge < -0.3 is 9.84 Å². The van der Waals surface area contributed by atoms with E-state index in [-0.39, 0.29) is 17.9 Å². The fourth-order valence-corrected chi connectivity index (χ4v) is 2.31. The highest BCUT2D eigenvalue weighted by Crippen LogP contribution is 2.25. The molecular weight excluding hydrogens is 351 g/mol. The van der Waals surface area contributed by atoms with Crippen LogP contribution in [-0.2, 0) is 6.61 Å². The molecule has 2 aromatic rings. The molecule has 6 heteroatoms. The van der Waals surface area contributed by atoms with Gasteiger partial charge in [0.1, 0.15) is 23.7 Å². The average Bonchev–Trinajstić information content (AvgIpc) is 2.37. The first-order chi connectivity index (χ1) is 9.47. The molecular formula is C14H9BrClFO3. The van der Waals surface area contributed by atoms with Gasteiger partial charge in [0.2, 0.25) is 0 Å². The lowest BCUT2D eigenvalue weighted by Gasteiger charge is -2.10. The topological polar surface area (TPSA) is 46.5 Å². The van der Waals surface area contributed by atoms with Crippen molar-refractivity contribution in [1.82, 2.24) is 0 Å². The molecule has 0 aliphatic carbocycles. The van der Waals surface area contributed by atoms with Crippen molar-refractivity contribution >= 4 is 33.5 Å². The minimum Gasteiger partial charge on any atom is -0.488 e. The van der Waals surface area contributed by atoms with Crippen LogP contribution in [0.3, 0.4) is 0 Å². The highest BCUT2D eigenvalue weighted by Gasteiger charge is 2.13. The molecule has 0 aliphatic heterocycles. The van der Waals surface area contributed by atoms with E-state index < -0.39 is 11.8 Å². The second-order valence-corrected chi connectivity index (χ2v) is 5.29. The van der Waals surface area contributed by atoms with Crippen molar-refractivity contribution in [3.05, 3.63) is 62.8 Å². The zero-order valence-corrected chi connectivity index (χ0v) is 12.4. The molecule has 0 radical (unpaired) electrons. The van der Waals surface area contributed by atoms with E-state index in [0.29, 0.717) is 10.6 Å². The molecule has 0 aromatic heterocycles. The van der Waals surface area contributed by atoms with Gasteiger partial charge in [-0.15, -0.1) is 0 Å². The number of carboxylic acids is 1. The lowest BCUT2D eigenvalue weighted by Crippen LogP contribution is -2.04. The molecule has 0 spiro atoms. The Kier molecular flexibility index (Phi) is 4.62. The molecule has 2 aromatic carbocycles. The maximum atomic E-state index is 13.2. The number of carbonyl (C=O) groups is 1. The lowest BCUT2D eigenvalue weighted by molar-refractivity contribution is 0.0691. The predicted molar refractivity (Wildman–Crippen MR) is 76.8 cm³/mol. The van der Waals surface area contributed by atoms with E-state index in [9.17, 15) is 9.18 Å². The summed E-state index contributed by atoms with van der Waals surface area (Å²) >= 11 is 9.31. The van der Waals surface area contributed by atoms with Gasteiger partial charge in [-0.3, -0.25) is 0 Å². The van der Waals surface area contributed by atoms with Gasteiger partial charge in [0.25, 0.3) is 0 Å². The van der Waals surface area contributed by atoms with E-state index >= 15 is 0 Å². The molecule has 20 heavy (non-hydrogen) atoms. The van der Waals surface area contributed by atoms with E-state index in [1.54, 1.807) is 18.2 Å². The number of carboxylic acid groups (broad SMARTS) is 1. The van der Waals surface area contributed by atoms with Crippen LogP contribution in [-0.4, -0.2) is 11.1 Å². The van der Waals surface area contributed by atoms with Crippen LogP contribution in [0.2, 0.25) is 5.02 Å². The SMILES string of the molecule is O=C(O)c1ccc(F)cc1OCc1ccc(Br)cc1Cl. The van der Waals surface area contributed by atoms with E-state index in [2.05, 4.69) is 15.9 Å². The van der Waals surface area contributed by atoms with E-state index in [1.165, 1.54) is 0 Å². The van der Waals surface area contributed by atoms with Crippen molar-refractivity contribution in [2.24, 2.45) is 0 Å². The van der Waals surface area contributed by atoms with Gasteiger partial charge in [-0.1, -0.05) is 33.6 Å². The number of halogens is 3. The minimum atomic E-state index is -1.18. The highest BCUT2D eigenvalue weighted by molar-refractivity contribution is 9.10. The van der Waals surface area contributed by atoms with Gasteiger partial charge >= 0.3 is 5.97 Å². The molecule has 0 unspecified atom stereocenters. The summed E-state index contributed by atoms with van der Waals surface area (Å²) in [6.07, 6.45) is 0. The maximum absolute atomic E-state index is 13.2. The van der Waals surface area contributed by atoms with Gasteiger partial charge in [-0.25, -0.2) is 9.18 Å². The fraction of sp³-hybridized carbons (Fsp3) is 0.0714. The van der Waals surface area contributed by atoms with Crippen LogP contribution in [0.15, 0.2) is 40.9 Å². The summed E-state index contributed by atoms with van der Waals surface area (Å²) in [5.74, 6) is -1.77. The van der Waals surface area contributed by atoms with Crippen LogP contribution in [0, 0.1) is 5.82 Å². The normalized spacial score (nSPS) is 10.3. The quantitative estimate of drug-likeness (QED) is 0.873. The smallest absolute Gasteiger partial charge is 0.339 e. The summed E-state index contributed by atoms with van der Waals surface area (Å²) in [6, 6.07) is 8.50. The summed E-state index contributed by atoms with van der Waals surface area (Å²) in [5, 5.41) is 9.49. The Morgan fingerprint density at radius 1 is 1.30 bits per heavy atom. The third kappa shape index (κ3) is 3.49. The first-order valence-electron chi connectivity index (χ1n) is 5.57. The number of hydrogen-bond acceptors (Lipinski definition) is 2. The Morgan fingerprint density at radius 2 is 2.05 bits per heavy atom. The van der Waals surface area contributed by atoms with Crippen molar-refractivity contribution < 1.29 is 19.0 Å². The van der Waals surface area contributed by atoms with Crippen LogP contribution < -0.4 is 4.74 Å².